The number of carboxylic acid groups (broad SMARTS) is 1. The predicted octanol–water partition coefficient (Wildman–Crippen LogP) is 0.452. The summed E-state index contributed by atoms with van der Waals surface area (Å²) in [5.74, 6) is -2.59. The van der Waals surface area contributed by atoms with E-state index in [2.05, 4.69) is 4.98 Å². The third-order valence-electron chi connectivity index (χ3n) is 5.17. The molecule has 2 aliphatic heterocycles. The van der Waals surface area contributed by atoms with Crippen molar-refractivity contribution in [1.29, 1.82) is 0 Å². The molecular weight excluding hydrogens is 394 g/mol. The highest BCUT2D eigenvalue weighted by molar-refractivity contribution is 7.91. The van der Waals surface area contributed by atoms with E-state index in [0.717, 1.165) is 17.6 Å². The minimum atomic E-state index is -3.53. The van der Waals surface area contributed by atoms with Gasteiger partial charge in [0.05, 0.1) is 22.9 Å². The molecule has 2 aromatic heterocycles. The Labute approximate surface area is 158 Å². The maximum Gasteiger partial charge on any atom is 0.352 e. The van der Waals surface area contributed by atoms with Gasteiger partial charge < -0.3 is 15.1 Å². The van der Waals surface area contributed by atoms with E-state index in [1.807, 2.05) is 6.92 Å². The average molecular weight is 411 g/mol. The van der Waals surface area contributed by atoms with Crippen molar-refractivity contribution in [2.24, 2.45) is 11.8 Å². The van der Waals surface area contributed by atoms with Crippen LogP contribution in [0.1, 0.15) is 18.7 Å². The lowest BCUT2D eigenvalue weighted by molar-refractivity contribution is -0.163. The third kappa shape index (κ3) is 2.38. The number of nitrogens with zero attached hydrogens (tertiary/aromatic N) is 3. The molecule has 2 aliphatic rings. The van der Waals surface area contributed by atoms with Gasteiger partial charge in [0.25, 0.3) is 0 Å². The lowest BCUT2D eigenvalue weighted by Crippen LogP contribution is -2.63. The highest BCUT2D eigenvalue weighted by atomic mass is 32.2. The second-order valence-corrected chi connectivity index (χ2v) is 9.91. The second-order valence-electron chi connectivity index (χ2n) is 6.95. The lowest BCUT2D eigenvalue weighted by atomic mass is 9.77. The van der Waals surface area contributed by atoms with Gasteiger partial charge in [0.15, 0.2) is 14.9 Å². The Kier molecular flexibility index (Phi) is 3.78. The van der Waals surface area contributed by atoms with Crippen molar-refractivity contribution in [3.05, 3.63) is 23.1 Å². The summed E-state index contributed by atoms with van der Waals surface area (Å²) in [7, 11) is -3.53. The van der Waals surface area contributed by atoms with Gasteiger partial charge >= 0.3 is 5.97 Å². The topological polar surface area (TPSA) is 129 Å². The molecule has 4 atom stereocenters. The van der Waals surface area contributed by atoms with Crippen molar-refractivity contribution in [2.45, 2.75) is 31.0 Å². The summed E-state index contributed by atoms with van der Waals surface area (Å²) in [6.45, 7) is 3.33. The number of amides is 1. The number of sulfone groups is 1. The van der Waals surface area contributed by atoms with Crippen molar-refractivity contribution in [1.82, 2.24) is 14.3 Å². The summed E-state index contributed by atoms with van der Waals surface area (Å²) in [6.07, 6.45) is 3.18. The number of imidazole rings is 1. The molecule has 0 saturated carbocycles. The fourth-order valence-corrected chi connectivity index (χ4v) is 6.40. The molecule has 144 valence electrons. The Bertz CT molecular complexity index is 1130. The summed E-state index contributed by atoms with van der Waals surface area (Å²) >= 11 is 1.12. The first-order chi connectivity index (χ1) is 12.5. The maximum atomic E-state index is 12.4. The fraction of sp³-hybridized carbons (Fsp3) is 0.438. The first-order valence-electron chi connectivity index (χ1n) is 8.19. The molecule has 0 spiro atoms. The second kappa shape index (κ2) is 5.63. The van der Waals surface area contributed by atoms with Gasteiger partial charge in [-0.15, -0.1) is 11.3 Å². The molecule has 9 nitrogen and oxygen atoms in total. The van der Waals surface area contributed by atoms with Crippen molar-refractivity contribution < 1.29 is 28.2 Å². The molecule has 0 bridgehead atoms. The zero-order chi connectivity index (χ0) is 19.8. The van der Waals surface area contributed by atoms with Crippen LogP contribution in [0.15, 0.2) is 23.2 Å². The number of rotatable bonds is 4. The Morgan fingerprint density at radius 2 is 2.07 bits per heavy atom. The third-order valence-corrected chi connectivity index (χ3v) is 7.44. The molecule has 11 heteroatoms. The van der Waals surface area contributed by atoms with Crippen LogP contribution in [0.2, 0.25) is 0 Å². The summed E-state index contributed by atoms with van der Waals surface area (Å²) in [5.41, 5.74) is 0.366. The van der Waals surface area contributed by atoms with E-state index in [-0.39, 0.29) is 16.6 Å². The van der Waals surface area contributed by atoms with Crippen molar-refractivity contribution in [3.63, 3.8) is 0 Å². The summed E-state index contributed by atoms with van der Waals surface area (Å²) in [6, 6.07) is -0.424. The zero-order valence-corrected chi connectivity index (χ0v) is 16.3. The maximum absolute atomic E-state index is 12.4. The number of fused-ring (bicyclic) bond motifs is 2. The summed E-state index contributed by atoms with van der Waals surface area (Å²) in [5, 5.41) is 19.6. The number of carbonyl (C=O) groups excluding carboxylic acids is 1. The first-order valence-corrected chi connectivity index (χ1v) is 10.9. The van der Waals surface area contributed by atoms with Crippen molar-refractivity contribution in [3.8, 4) is 0 Å². The van der Waals surface area contributed by atoms with E-state index in [0.29, 0.717) is 15.3 Å². The molecule has 1 amide bonds. The monoisotopic (exact) mass is 411 g/mol. The number of aromatic nitrogens is 2. The Morgan fingerprint density at radius 3 is 2.63 bits per heavy atom. The summed E-state index contributed by atoms with van der Waals surface area (Å²) in [4.78, 5) is 30.4. The zero-order valence-electron chi connectivity index (χ0n) is 14.6. The molecule has 4 heterocycles. The largest absolute Gasteiger partial charge is 0.477 e. The molecule has 1 fully saturated rings. The van der Waals surface area contributed by atoms with Crippen LogP contribution in [0.3, 0.4) is 0 Å². The first kappa shape index (κ1) is 18.1. The predicted molar refractivity (Wildman–Crippen MR) is 95.7 cm³/mol. The van der Waals surface area contributed by atoms with Crippen LogP contribution >= 0.6 is 11.3 Å². The number of β-lactam (4-membered cyclic amide) rings is 1. The molecule has 0 radical (unpaired) electrons. The van der Waals surface area contributed by atoms with E-state index in [1.165, 1.54) is 18.2 Å². The van der Waals surface area contributed by atoms with Gasteiger partial charge in [0, 0.05) is 23.9 Å². The van der Waals surface area contributed by atoms with Crippen LogP contribution in [0, 0.1) is 11.8 Å². The Morgan fingerprint density at radius 1 is 1.41 bits per heavy atom. The van der Waals surface area contributed by atoms with Crippen molar-refractivity contribution >= 4 is 43.5 Å². The lowest BCUT2D eigenvalue weighted by Gasteiger charge is -2.46. The summed E-state index contributed by atoms with van der Waals surface area (Å²) < 4.78 is 25.3. The van der Waals surface area contributed by atoms with Gasteiger partial charge in [-0.3, -0.25) is 9.20 Å². The molecule has 1 saturated heterocycles. The molecule has 27 heavy (non-hydrogen) atoms. The fourth-order valence-electron chi connectivity index (χ4n) is 4.05. The average Bonchev–Trinajstić information content (AvgIpc) is 3.15. The van der Waals surface area contributed by atoms with Gasteiger partial charge in [-0.05, 0) is 6.92 Å². The molecule has 4 rings (SSSR count). The van der Waals surface area contributed by atoms with Crippen LogP contribution in [-0.2, 0) is 19.4 Å². The molecule has 2 aromatic rings. The van der Waals surface area contributed by atoms with Gasteiger partial charge in [-0.2, -0.15) is 0 Å². The van der Waals surface area contributed by atoms with E-state index >= 15 is 0 Å². The number of aliphatic carboxylic acids is 1. The van der Waals surface area contributed by atoms with E-state index in [1.54, 1.807) is 10.6 Å². The Hall–Kier alpha value is -2.24. The van der Waals surface area contributed by atoms with Crippen LogP contribution in [0.25, 0.3) is 10.4 Å². The minimum absolute atomic E-state index is 0.0666. The number of aliphatic hydroxyl groups is 1. The molecule has 0 aliphatic carbocycles. The van der Waals surface area contributed by atoms with Crippen LogP contribution < -0.4 is 0 Å². The van der Waals surface area contributed by atoms with Crippen LogP contribution in [0.4, 0.5) is 0 Å². The smallest absolute Gasteiger partial charge is 0.352 e. The molecule has 0 aromatic carbocycles. The minimum Gasteiger partial charge on any atom is -0.477 e. The molecular formula is C16H17N3O6S2. The van der Waals surface area contributed by atoms with Gasteiger partial charge in [0.1, 0.15) is 16.9 Å². The highest BCUT2D eigenvalue weighted by Crippen LogP contribution is 2.51. The number of hydrogen-bond acceptors (Lipinski definition) is 7. The molecule has 1 unspecified atom stereocenters. The quantitative estimate of drug-likeness (QED) is 0.699. The number of carboxylic acids is 1. The number of aliphatic hydroxyl groups excluding tert-OH is 1. The van der Waals surface area contributed by atoms with E-state index in [9.17, 15) is 28.2 Å². The normalized spacial score (nSPS) is 26.4. The Balaban J connectivity index is 1.88. The standard InChI is InChI=1S/C16H17N3O6S2/c1-6-9(8-4-18-5-17-13(15(18)26-8)27(3,24)25)12(16(22)23)19-11(6)10(7(2)20)14(19)21/h4-7,10-11,20H,1-3H3,(H,22,23)/t6?,7-,10-,11+/m1/s1. The van der Waals surface area contributed by atoms with Gasteiger partial charge in [-0.25, -0.2) is 18.2 Å². The number of hydrogen-bond donors (Lipinski definition) is 2. The number of thiazole rings is 1. The van der Waals surface area contributed by atoms with Gasteiger partial charge in [0.2, 0.25) is 5.91 Å². The van der Waals surface area contributed by atoms with Crippen LogP contribution in [0.5, 0.6) is 0 Å². The van der Waals surface area contributed by atoms with Crippen molar-refractivity contribution in [2.75, 3.05) is 6.26 Å². The SMILES string of the molecule is CC1C(c2cn3cnc(S(C)(=O)=O)c3s2)=C(C(=O)O)N2C(=O)[C@H]([C@@H](C)O)[C@H]12. The van der Waals surface area contributed by atoms with E-state index < -0.39 is 39.8 Å². The van der Waals surface area contributed by atoms with E-state index in [4.69, 9.17) is 0 Å². The number of carbonyl (C=O) groups is 2. The van der Waals surface area contributed by atoms with Gasteiger partial charge in [-0.1, -0.05) is 6.92 Å². The molecule has 2 N–H and O–H groups in total. The highest BCUT2D eigenvalue weighted by Gasteiger charge is 2.60. The van der Waals surface area contributed by atoms with Crippen LogP contribution in [-0.4, -0.2) is 63.2 Å².